The van der Waals surface area contributed by atoms with Crippen LogP contribution in [0.15, 0.2) is 54.0 Å². The van der Waals surface area contributed by atoms with Crippen LogP contribution in [0, 0.1) is 12.7 Å². The minimum atomic E-state index is -0.483. The minimum absolute atomic E-state index is 0.193. The molecule has 12 heteroatoms. The molecule has 3 aromatic heterocycles. The van der Waals surface area contributed by atoms with Gasteiger partial charge in [0.05, 0.1) is 60.1 Å². The molecule has 0 atom stereocenters. The van der Waals surface area contributed by atoms with Crippen LogP contribution < -0.4 is 15.6 Å². The van der Waals surface area contributed by atoms with E-state index < -0.39 is 5.82 Å². The SMILES string of the molecule is Cc1cn[nH]c1-c1ccc(Nc2ccc(/C=N/Nc3ncc(F)c(N4CCOCC4)n3)nc2)cc1Cl. The number of H-pyrrole nitrogens is 1. The van der Waals surface area contributed by atoms with Crippen molar-refractivity contribution in [2.45, 2.75) is 6.92 Å². The van der Waals surface area contributed by atoms with Crippen LogP contribution in [-0.4, -0.2) is 57.7 Å². The lowest BCUT2D eigenvalue weighted by Gasteiger charge is -2.27. The number of benzene rings is 1. The summed E-state index contributed by atoms with van der Waals surface area (Å²) in [5, 5.41) is 15.0. The Balaban J connectivity index is 1.20. The second-order valence-corrected chi connectivity index (χ2v) is 8.46. The van der Waals surface area contributed by atoms with Crippen molar-refractivity contribution in [3.8, 4) is 11.3 Å². The molecule has 1 saturated heterocycles. The van der Waals surface area contributed by atoms with E-state index in [1.807, 2.05) is 42.2 Å². The van der Waals surface area contributed by atoms with Gasteiger partial charge in [0.1, 0.15) is 0 Å². The molecule has 0 amide bonds. The number of hydrogen-bond donors (Lipinski definition) is 3. The van der Waals surface area contributed by atoms with Crippen molar-refractivity contribution in [1.82, 2.24) is 25.1 Å². The van der Waals surface area contributed by atoms with Crippen molar-refractivity contribution in [2.24, 2.45) is 5.10 Å². The summed E-state index contributed by atoms with van der Waals surface area (Å²) in [5.41, 5.74) is 7.77. The van der Waals surface area contributed by atoms with Crippen LogP contribution in [0.5, 0.6) is 0 Å². The zero-order chi connectivity index (χ0) is 24.9. The fourth-order valence-corrected chi connectivity index (χ4v) is 3.98. The molecule has 0 radical (unpaired) electrons. The van der Waals surface area contributed by atoms with Gasteiger partial charge in [-0.2, -0.15) is 15.2 Å². The number of nitrogens with one attached hydrogen (secondary N) is 3. The molecule has 1 aromatic carbocycles. The summed E-state index contributed by atoms with van der Waals surface area (Å²) in [7, 11) is 0. The number of rotatable bonds is 7. The molecule has 0 saturated carbocycles. The predicted octanol–water partition coefficient (Wildman–Crippen LogP) is 4.39. The Morgan fingerprint density at radius 2 is 1.94 bits per heavy atom. The molecule has 1 aliphatic rings. The summed E-state index contributed by atoms with van der Waals surface area (Å²) in [6.45, 7) is 4.18. The molecule has 0 bridgehead atoms. The topological polar surface area (TPSA) is 116 Å². The normalized spacial score (nSPS) is 13.8. The van der Waals surface area contributed by atoms with Crippen molar-refractivity contribution in [3.05, 3.63) is 71.0 Å². The molecule has 4 heterocycles. The van der Waals surface area contributed by atoms with E-state index >= 15 is 0 Å². The van der Waals surface area contributed by atoms with E-state index in [9.17, 15) is 4.39 Å². The second-order valence-electron chi connectivity index (χ2n) is 8.05. The van der Waals surface area contributed by atoms with Crippen LogP contribution in [0.1, 0.15) is 11.3 Å². The monoisotopic (exact) mass is 507 g/mol. The van der Waals surface area contributed by atoms with E-state index in [1.165, 1.54) is 6.21 Å². The molecule has 4 aromatic rings. The third-order valence-electron chi connectivity index (χ3n) is 5.54. The third kappa shape index (κ3) is 5.42. The first-order valence-corrected chi connectivity index (χ1v) is 11.6. The van der Waals surface area contributed by atoms with Crippen molar-refractivity contribution in [2.75, 3.05) is 41.9 Å². The van der Waals surface area contributed by atoms with Crippen LogP contribution in [0.2, 0.25) is 5.02 Å². The number of halogens is 2. The highest BCUT2D eigenvalue weighted by Gasteiger charge is 2.17. The standard InChI is InChI=1S/C24H23ClFN9O/c1-15-11-29-33-22(15)19-5-4-16(10-20(19)25)31-18-3-2-17(27-12-18)13-30-34-24-28-14-21(26)23(32-24)35-6-8-36-9-7-35/h2-5,10-14,31H,6-9H2,1H3,(H,29,33)(H,28,32,34)/b30-13+. The molecule has 5 rings (SSSR count). The average Bonchev–Trinajstić information content (AvgIpc) is 3.32. The molecule has 1 aliphatic heterocycles. The van der Waals surface area contributed by atoms with Gasteiger partial charge in [0.2, 0.25) is 5.95 Å². The molecular weight excluding hydrogens is 485 g/mol. The summed E-state index contributed by atoms with van der Waals surface area (Å²) < 4.78 is 19.5. The van der Waals surface area contributed by atoms with Gasteiger partial charge in [0, 0.05) is 24.3 Å². The van der Waals surface area contributed by atoms with Gasteiger partial charge in [-0.05, 0) is 42.8 Å². The van der Waals surface area contributed by atoms with Crippen molar-refractivity contribution in [1.29, 1.82) is 0 Å². The van der Waals surface area contributed by atoms with Gasteiger partial charge >= 0.3 is 0 Å². The predicted molar refractivity (Wildman–Crippen MR) is 138 cm³/mol. The Labute approximate surface area is 211 Å². The summed E-state index contributed by atoms with van der Waals surface area (Å²) in [5.74, 6) is -0.0611. The number of anilines is 4. The summed E-state index contributed by atoms with van der Waals surface area (Å²) >= 11 is 6.49. The highest BCUT2D eigenvalue weighted by molar-refractivity contribution is 6.33. The summed E-state index contributed by atoms with van der Waals surface area (Å²) in [6, 6.07) is 9.41. The largest absolute Gasteiger partial charge is 0.378 e. The van der Waals surface area contributed by atoms with Gasteiger partial charge in [-0.15, -0.1) is 0 Å². The maximum absolute atomic E-state index is 14.2. The van der Waals surface area contributed by atoms with Gasteiger partial charge in [-0.1, -0.05) is 11.6 Å². The smallest absolute Gasteiger partial charge is 0.245 e. The number of pyridine rings is 1. The third-order valence-corrected chi connectivity index (χ3v) is 5.85. The molecule has 184 valence electrons. The Morgan fingerprint density at radius 1 is 1.11 bits per heavy atom. The van der Waals surface area contributed by atoms with Crippen LogP contribution in [0.25, 0.3) is 11.3 Å². The average molecular weight is 508 g/mol. The van der Waals surface area contributed by atoms with Crippen LogP contribution in [0.3, 0.4) is 0 Å². The van der Waals surface area contributed by atoms with Crippen molar-refractivity contribution >= 4 is 41.0 Å². The van der Waals surface area contributed by atoms with Crippen molar-refractivity contribution in [3.63, 3.8) is 0 Å². The van der Waals surface area contributed by atoms with E-state index in [4.69, 9.17) is 16.3 Å². The van der Waals surface area contributed by atoms with Gasteiger partial charge in [-0.3, -0.25) is 10.1 Å². The summed E-state index contributed by atoms with van der Waals surface area (Å²) in [4.78, 5) is 14.4. The molecule has 1 fully saturated rings. The van der Waals surface area contributed by atoms with Crippen LogP contribution in [0.4, 0.5) is 27.5 Å². The van der Waals surface area contributed by atoms with E-state index in [2.05, 4.69) is 41.0 Å². The number of aromatic nitrogens is 5. The Morgan fingerprint density at radius 3 is 2.67 bits per heavy atom. The molecular formula is C24H23ClFN9O. The maximum Gasteiger partial charge on any atom is 0.245 e. The van der Waals surface area contributed by atoms with E-state index in [-0.39, 0.29) is 11.8 Å². The highest BCUT2D eigenvalue weighted by atomic mass is 35.5. The Bertz CT molecular complexity index is 1370. The number of hydrogen-bond acceptors (Lipinski definition) is 9. The van der Waals surface area contributed by atoms with Crippen LogP contribution in [-0.2, 0) is 4.74 Å². The maximum atomic E-state index is 14.2. The zero-order valence-electron chi connectivity index (χ0n) is 19.4. The lowest BCUT2D eigenvalue weighted by Crippen LogP contribution is -2.37. The molecule has 0 aliphatic carbocycles. The number of hydrazone groups is 1. The fraction of sp³-hybridized carbons (Fsp3) is 0.208. The first-order chi connectivity index (χ1) is 17.6. The number of aryl methyl sites for hydroxylation is 1. The van der Waals surface area contributed by atoms with Gasteiger partial charge in [-0.25, -0.2) is 14.8 Å². The molecule has 0 spiro atoms. The molecule has 36 heavy (non-hydrogen) atoms. The number of nitrogens with zero attached hydrogens (tertiary/aromatic N) is 6. The Hall–Kier alpha value is -4.09. The fourth-order valence-electron chi connectivity index (χ4n) is 3.70. The van der Waals surface area contributed by atoms with E-state index in [1.54, 1.807) is 12.4 Å². The quantitative estimate of drug-likeness (QED) is 0.249. The number of aromatic amines is 1. The summed E-state index contributed by atoms with van der Waals surface area (Å²) in [6.07, 6.45) is 6.11. The van der Waals surface area contributed by atoms with Gasteiger partial charge in [0.25, 0.3) is 0 Å². The zero-order valence-corrected chi connectivity index (χ0v) is 20.1. The first kappa shape index (κ1) is 23.6. The molecule has 3 N–H and O–H groups in total. The molecule has 10 nitrogen and oxygen atoms in total. The second kappa shape index (κ2) is 10.7. The highest BCUT2D eigenvalue weighted by Crippen LogP contribution is 2.31. The number of ether oxygens (including phenoxy) is 1. The Kier molecular flexibility index (Phi) is 7.01. The lowest BCUT2D eigenvalue weighted by molar-refractivity contribution is 0.122. The van der Waals surface area contributed by atoms with E-state index in [0.29, 0.717) is 37.0 Å². The van der Waals surface area contributed by atoms with Crippen molar-refractivity contribution < 1.29 is 9.13 Å². The lowest BCUT2D eigenvalue weighted by atomic mass is 10.1. The van der Waals surface area contributed by atoms with Crippen LogP contribution >= 0.6 is 11.6 Å². The van der Waals surface area contributed by atoms with Gasteiger partial charge < -0.3 is 15.0 Å². The minimum Gasteiger partial charge on any atom is -0.378 e. The number of morpholine rings is 1. The molecule has 0 unspecified atom stereocenters. The first-order valence-electron chi connectivity index (χ1n) is 11.2. The van der Waals surface area contributed by atoms with E-state index in [0.717, 1.165) is 34.4 Å². The van der Waals surface area contributed by atoms with Gasteiger partial charge in [0.15, 0.2) is 11.6 Å².